The Bertz CT molecular complexity index is 675. The molecule has 2 atom stereocenters. The fourth-order valence-corrected chi connectivity index (χ4v) is 4.70. The van der Waals surface area contributed by atoms with E-state index in [1.807, 2.05) is 12.1 Å². The van der Waals surface area contributed by atoms with Crippen LogP contribution in [0.1, 0.15) is 52.5 Å². The second-order valence-corrected chi connectivity index (χ2v) is 6.90. The molecule has 0 bridgehead atoms. The number of carbonyl (C=O) groups is 1. The summed E-state index contributed by atoms with van der Waals surface area (Å²) < 4.78 is 5.40. The molecular weight excluding hydrogens is 284 g/mol. The number of hydrogen-bond acceptors (Lipinski definition) is 4. The normalized spacial score (nSPS) is 24.0. The van der Waals surface area contributed by atoms with Crippen molar-refractivity contribution >= 4 is 22.2 Å². The zero-order chi connectivity index (χ0) is 14.4. The van der Waals surface area contributed by atoms with Crippen LogP contribution in [0.3, 0.4) is 0 Å². The highest BCUT2D eigenvalue weighted by molar-refractivity contribution is 7.16. The zero-order valence-corrected chi connectivity index (χ0v) is 12.8. The monoisotopic (exact) mass is 302 g/mol. The van der Waals surface area contributed by atoms with Gasteiger partial charge in [-0.05, 0) is 42.9 Å². The lowest BCUT2D eigenvalue weighted by atomic mass is 9.85. The zero-order valence-electron chi connectivity index (χ0n) is 11.9. The van der Waals surface area contributed by atoms with E-state index in [4.69, 9.17) is 4.42 Å². The average molecular weight is 302 g/mol. The molecule has 0 fully saturated rings. The van der Waals surface area contributed by atoms with Crippen LogP contribution >= 0.6 is 11.3 Å². The molecule has 4 nitrogen and oxygen atoms in total. The maximum absolute atomic E-state index is 12.5. The third-order valence-electron chi connectivity index (χ3n) is 4.55. The van der Waals surface area contributed by atoms with Gasteiger partial charge in [-0.15, -0.1) is 11.3 Å². The molecule has 21 heavy (non-hydrogen) atoms. The first-order valence-corrected chi connectivity index (χ1v) is 8.33. The highest BCUT2D eigenvalue weighted by atomic mass is 32.1. The van der Waals surface area contributed by atoms with Gasteiger partial charge in [0.15, 0.2) is 6.17 Å². The Kier molecular flexibility index (Phi) is 3.03. The minimum Gasteiger partial charge on any atom is -0.465 e. The van der Waals surface area contributed by atoms with Gasteiger partial charge in [0.25, 0.3) is 5.91 Å². The summed E-state index contributed by atoms with van der Waals surface area (Å²) in [4.78, 5) is 13.9. The molecule has 0 aromatic carbocycles. The highest BCUT2D eigenvalue weighted by Gasteiger charge is 2.34. The molecule has 2 N–H and O–H groups in total. The largest absolute Gasteiger partial charge is 0.465 e. The highest BCUT2D eigenvalue weighted by Crippen LogP contribution is 2.43. The minimum absolute atomic E-state index is 0.0256. The van der Waals surface area contributed by atoms with E-state index in [0.29, 0.717) is 0 Å². The van der Waals surface area contributed by atoms with E-state index < -0.39 is 0 Å². The molecule has 110 valence electrons. The summed E-state index contributed by atoms with van der Waals surface area (Å²) in [7, 11) is 0. The van der Waals surface area contributed by atoms with Crippen molar-refractivity contribution in [3.05, 3.63) is 40.2 Å². The Hall–Kier alpha value is -1.75. The van der Waals surface area contributed by atoms with Crippen molar-refractivity contribution in [1.29, 1.82) is 0 Å². The molecule has 3 heterocycles. The van der Waals surface area contributed by atoms with Crippen LogP contribution in [0.25, 0.3) is 0 Å². The van der Waals surface area contributed by atoms with E-state index >= 15 is 0 Å². The maximum Gasteiger partial charge on any atom is 0.256 e. The van der Waals surface area contributed by atoms with Crippen LogP contribution in [0.4, 0.5) is 5.00 Å². The first kappa shape index (κ1) is 13.0. The minimum atomic E-state index is -0.262. The van der Waals surface area contributed by atoms with E-state index in [1.165, 1.54) is 23.3 Å². The molecule has 0 unspecified atom stereocenters. The third-order valence-corrected chi connectivity index (χ3v) is 5.74. The second-order valence-electron chi connectivity index (χ2n) is 5.79. The summed E-state index contributed by atoms with van der Waals surface area (Å²) >= 11 is 1.75. The van der Waals surface area contributed by atoms with Crippen LogP contribution in [0.5, 0.6) is 0 Å². The van der Waals surface area contributed by atoms with Crippen molar-refractivity contribution in [3.63, 3.8) is 0 Å². The topological polar surface area (TPSA) is 54.3 Å². The van der Waals surface area contributed by atoms with Gasteiger partial charge in [0.05, 0.1) is 11.8 Å². The number of hydrogen-bond donors (Lipinski definition) is 2. The van der Waals surface area contributed by atoms with Gasteiger partial charge in [-0.3, -0.25) is 4.79 Å². The summed E-state index contributed by atoms with van der Waals surface area (Å²) in [6, 6.07) is 3.72. The number of amides is 1. The predicted molar refractivity (Wildman–Crippen MR) is 82.7 cm³/mol. The Morgan fingerprint density at radius 3 is 3.10 bits per heavy atom. The van der Waals surface area contributed by atoms with Gasteiger partial charge in [0.2, 0.25) is 0 Å². The number of carbonyl (C=O) groups excluding carboxylic acids is 1. The average Bonchev–Trinajstić information content (AvgIpc) is 3.13. The fourth-order valence-electron chi connectivity index (χ4n) is 3.31. The summed E-state index contributed by atoms with van der Waals surface area (Å²) in [6.45, 7) is 2.25. The van der Waals surface area contributed by atoms with E-state index in [9.17, 15) is 4.79 Å². The summed E-state index contributed by atoms with van der Waals surface area (Å²) in [5.41, 5.74) is 2.13. The molecule has 5 heteroatoms. The molecule has 0 radical (unpaired) electrons. The molecule has 0 saturated carbocycles. The molecule has 2 aromatic heterocycles. The smallest absolute Gasteiger partial charge is 0.256 e. The van der Waals surface area contributed by atoms with Crippen LogP contribution in [0.15, 0.2) is 22.8 Å². The maximum atomic E-state index is 12.5. The van der Waals surface area contributed by atoms with Gasteiger partial charge >= 0.3 is 0 Å². The Labute approximate surface area is 127 Å². The molecule has 4 rings (SSSR count). The quantitative estimate of drug-likeness (QED) is 0.889. The first-order valence-electron chi connectivity index (χ1n) is 7.51. The van der Waals surface area contributed by atoms with Crippen molar-refractivity contribution in [1.82, 2.24) is 5.32 Å². The van der Waals surface area contributed by atoms with Gasteiger partial charge in [-0.25, -0.2) is 0 Å². The molecule has 0 saturated heterocycles. The summed E-state index contributed by atoms with van der Waals surface area (Å²) in [5.74, 6) is 1.53. The van der Waals surface area contributed by atoms with Crippen LogP contribution in [0, 0.1) is 5.92 Å². The van der Waals surface area contributed by atoms with Crippen LogP contribution in [-0.4, -0.2) is 5.91 Å². The van der Waals surface area contributed by atoms with Crippen LogP contribution < -0.4 is 10.6 Å². The Morgan fingerprint density at radius 2 is 2.33 bits per heavy atom. The van der Waals surface area contributed by atoms with E-state index in [-0.39, 0.29) is 12.1 Å². The summed E-state index contributed by atoms with van der Waals surface area (Å²) in [6.07, 6.45) is 5.92. The van der Waals surface area contributed by atoms with Crippen molar-refractivity contribution in [2.24, 2.45) is 5.92 Å². The predicted octanol–water partition coefficient (Wildman–Crippen LogP) is 3.71. The van der Waals surface area contributed by atoms with Gasteiger partial charge in [0, 0.05) is 4.88 Å². The number of nitrogens with one attached hydrogen (secondary N) is 2. The van der Waals surface area contributed by atoms with E-state index in [1.54, 1.807) is 17.6 Å². The van der Waals surface area contributed by atoms with Crippen molar-refractivity contribution in [2.45, 2.75) is 38.8 Å². The van der Waals surface area contributed by atoms with Gasteiger partial charge in [-0.2, -0.15) is 0 Å². The Balaban J connectivity index is 1.69. The van der Waals surface area contributed by atoms with Crippen molar-refractivity contribution < 1.29 is 9.21 Å². The molecule has 0 spiro atoms. The number of rotatable bonds is 2. The van der Waals surface area contributed by atoms with Crippen molar-refractivity contribution in [3.8, 4) is 0 Å². The molecule has 2 aromatic rings. The van der Waals surface area contributed by atoms with E-state index in [2.05, 4.69) is 17.6 Å². The third kappa shape index (κ3) is 2.07. The molecular formula is C16H18N2O2S. The lowest BCUT2D eigenvalue weighted by Gasteiger charge is -2.25. The molecule has 1 aliphatic carbocycles. The lowest BCUT2D eigenvalue weighted by Crippen LogP contribution is -2.38. The number of anilines is 1. The number of fused-ring (bicyclic) bond motifs is 3. The van der Waals surface area contributed by atoms with Crippen LogP contribution in [0.2, 0.25) is 0 Å². The molecule has 1 amide bonds. The standard InChI is InChI=1S/C16H18N2O2S/c1-2-9-5-6-10-12(8-9)21-16-13(10)15(19)17-14(18-16)11-4-3-7-20-11/h3-4,7,9,14,18H,2,5-6,8H2,1H3,(H,17,19)/t9-,14+/m1/s1. The van der Waals surface area contributed by atoms with Crippen molar-refractivity contribution in [2.75, 3.05) is 5.32 Å². The van der Waals surface area contributed by atoms with Gasteiger partial charge in [0.1, 0.15) is 10.8 Å². The molecule has 1 aliphatic heterocycles. The number of furan rings is 1. The van der Waals surface area contributed by atoms with Crippen LogP contribution in [-0.2, 0) is 12.8 Å². The number of thiophene rings is 1. The Morgan fingerprint density at radius 1 is 1.43 bits per heavy atom. The summed E-state index contributed by atoms with van der Waals surface area (Å²) in [5, 5.41) is 7.41. The van der Waals surface area contributed by atoms with Gasteiger partial charge < -0.3 is 15.1 Å². The van der Waals surface area contributed by atoms with Gasteiger partial charge in [-0.1, -0.05) is 13.3 Å². The second kappa shape index (κ2) is 4.91. The SMILES string of the molecule is CC[C@@H]1CCc2c(sc3c2C(=O)N[C@H](c2ccco2)N3)C1. The molecule has 2 aliphatic rings. The first-order chi connectivity index (χ1) is 10.3. The van der Waals surface area contributed by atoms with E-state index in [0.717, 1.165) is 35.1 Å². The fraction of sp³-hybridized carbons (Fsp3) is 0.438. The lowest BCUT2D eigenvalue weighted by molar-refractivity contribution is 0.0930.